The molecule has 0 aliphatic heterocycles. The average molecular weight is 336 g/mol. The van der Waals surface area contributed by atoms with Crippen LogP contribution in [0.1, 0.15) is 15.9 Å². The highest BCUT2D eigenvalue weighted by molar-refractivity contribution is 9.10. The second-order valence-electron chi connectivity index (χ2n) is 3.76. The third-order valence-electron chi connectivity index (χ3n) is 2.46. The first-order valence-corrected chi connectivity index (χ1v) is 6.26. The van der Waals surface area contributed by atoms with Crippen LogP contribution in [0.25, 0.3) is 0 Å². The van der Waals surface area contributed by atoms with E-state index in [-0.39, 0.29) is 11.7 Å². The molecule has 0 saturated heterocycles. The summed E-state index contributed by atoms with van der Waals surface area (Å²) in [6.07, 6.45) is 2.76. The fraction of sp³-hybridized carbons (Fsp3) is 0. The van der Waals surface area contributed by atoms with E-state index in [0.29, 0.717) is 16.8 Å². The van der Waals surface area contributed by atoms with Crippen LogP contribution in [-0.2, 0) is 0 Å². The number of halogens is 1. The van der Waals surface area contributed by atoms with Gasteiger partial charge >= 0.3 is 0 Å². The van der Waals surface area contributed by atoms with Gasteiger partial charge in [0.25, 0.3) is 5.91 Å². The predicted molar refractivity (Wildman–Crippen MR) is 76.6 cm³/mol. The molecule has 0 bridgehead atoms. The summed E-state index contributed by atoms with van der Waals surface area (Å²) < 4.78 is 0.739. The Morgan fingerprint density at radius 3 is 2.80 bits per heavy atom. The monoisotopic (exact) mass is 335 g/mol. The summed E-state index contributed by atoms with van der Waals surface area (Å²) >= 11 is 3.28. The normalized spacial score (nSPS) is 11.2. The van der Waals surface area contributed by atoms with Gasteiger partial charge in [-0.15, -0.1) is 0 Å². The molecule has 0 fully saturated rings. The molecule has 1 amide bonds. The number of amides is 1. The van der Waals surface area contributed by atoms with E-state index in [1.165, 1.54) is 18.5 Å². The molecule has 102 valence electrons. The number of carbonyl (C=O) groups is 1. The van der Waals surface area contributed by atoms with Gasteiger partial charge in [0.1, 0.15) is 0 Å². The van der Waals surface area contributed by atoms with Gasteiger partial charge in [-0.3, -0.25) is 4.79 Å². The number of nitrogens with one attached hydrogen (secondary N) is 1. The third kappa shape index (κ3) is 3.09. The Morgan fingerprint density at radius 1 is 1.35 bits per heavy atom. The zero-order valence-corrected chi connectivity index (χ0v) is 11.7. The first kappa shape index (κ1) is 13.9. The number of benzene rings is 1. The van der Waals surface area contributed by atoms with Crippen LogP contribution >= 0.6 is 15.9 Å². The van der Waals surface area contributed by atoms with E-state index in [2.05, 4.69) is 36.6 Å². The largest absolute Gasteiger partial charge is 0.409 e. The summed E-state index contributed by atoms with van der Waals surface area (Å²) in [7, 11) is 0. The average Bonchev–Trinajstić information content (AvgIpc) is 2.49. The molecule has 1 aromatic carbocycles. The number of carbonyl (C=O) groups excluding carboxylic acids is 1. The summed E-state index contributed by atoms with van der Waals surface area (Å²) in [5, 5.41) is 21.6. The maximum Gasteiger partial charge on any atom is 0.257 e. The van der Waals surface area contributed by atoms with Crippen LogP contribution in [0.5, 0.6) is 0 Å². The van der Waals surface area contributed by atoms with Crippen molar-refractivity contribution in [3.05, 3.63) is 52.3 Å². The second-order valence-corrected chi connectivity index (χ2v) is 4.68. The predicted octanol–water partition coefficient (Wildman–Crippen LogP) is 1.59. The van der Waals surface area contributed by atoms with Crippen LogP contribution < -0.4 is 11.1 Å². The first-order chi connectivity index (χ1) is 9.61. The van der Waals surface area contributed by atoms with Gasteiger partial charge < -0.3 is 16.3 Å². The number of nitrogens with two attached hydrogens (primary N) is 1. The molecular weight excluding hydrogens is 326 g/mol. The van der Waals surface area contributed by atoms with E-state index < -0.39 is 0 Å². The Hall–Kier alpha value is -2.48. The van der Waals surface area contributed by atoms with Crippen molar-refractivity contribution >= 4 is 33.4 Å². The van der Waals surface area contributed by atoms with Gasteiger partial charge in [0.2, 0.25) is 0 Å². The molecule has 0 atom stereocenters. The SMILES string of the molecule is N/C(=N/O)c1cc(Br)ccc1NC(=O)c1ccnnc1. The van der Waals surface area contributed by atoms with Crippen molar-refractivity contribution in [3.63, 3.8) is 0 Å². The lowest BCUT2D eigenvalue weighted by Crippen LogP contribution is -2.19. The molecule has 0 spiro atoms. The van der Waals surface area contributed by atoms with Gasteiger partial charge in [-0.05, 0) is 24.3 Å². The number of rotatable bonds is 3. The summed E-state index contributed by atoms with van der Waals surface area (Å²) in [5.74, 6) is -0.469. The van der Waals surface area contributed by atoms with E-state index in [1.807, 2.05) is 0 Å². The minimum atomic E-state index is -0.366. The number of hydrogen-bond acceptors (Lipinski definition) is 5. The van der Waals surface area contributed by atoms with Crippen molar-refractivity contribution in [3.8, 4) is 0 Å². The van der Waals surface area contributed by atoms with Crippen LogP contribution in [-0.4, -0.2) is 27.1 Å². The van der Waals surface area contributed by atoms with Gasteiger partial charge in [-0.25, -0.2) is 0 Å². The first-order valence-electron chi connectivity index (χ1n) is 5.47. The van der Waals surface area contributed by atoms with Gasteiger partial charge in [0, 0.05) is 10.0 Å². The molecule has 1 aromatic heterocycles. The van der Waals surface area contributed by atoms with Crippen molar-refractivity contribution in [1.29, 1.82) is 0 Å². The molecule has 1 heterocycles. The molecular formula is C12H10BrN5O2. The lowest BCUT2D eigenvalue weighted by atomic mass is 10.1. The minimum Gasteiger partial charge on any atom is -0.409 e. The summed E-state index contributed by atoms with van der Waals surface area (Å²) in [6, 6.07) is 6.54. The van der Waals surface area contributed by atoms with E-state index >= 15 is 0 Å². The van der Waals surface area contributed by atoms with Gasteiger partial charge in [-0.2, -0.15) is 10.2 Å². The van der Waals surface area contributed by atoms with E-state index in [0.717, 1.165) is 4.47 Å². The quantitative estimate of drug-likeness (QED) is 0.341. The van der Waals surface area contributed by atoms with E-state index in [9.17, 15) is 4.79 Å². The van der Waals surface area contributed by atoms with Crippen LogP contribution in [0.2, 0.25) is 0 Å². The molecule has 0 unspecified atom stereocenters. The number of aromatic nitrogens is 2. The maximum absolute atomic E-state index is 12.0. The zero-order chi connectivity index (χ0) is 14.5. The standard InChI is InChI=1S/C12H10BrN5O2/c13-8-1-2-10(9(5-8)11(14)18-20)17-12(19)7-3-4-15-16-6-7/h1-6,20H,(H2,14,18)(H,17,19). The number of oxime groups is 1. The summed E-state index contributed by atoms with van der Waals surface area (Å²) in [4.78, 5) is 12.0. The molecule has 8 heteroatoms. The van der Waals surface area contributed by atoms with Crippen molar-refractivity contribution in [2.24, 2.45) is 10.9 Å². The minimum absolute atomic E-state index is 0.102. The molecule has 0 aliphatic carbocycles. The van der Waals surface area contributed by atoms with Crippen molar-refractivity contribution in [1.82, 2.24) is 10.2 Å². The Labute approximate surface area is 122 Å². The smallest absolute Gasteiger partial charge is 0.257 e. The zero-order valence-electron chi connectivity index (χ0n) is 10.1. The molecule has 0 radical (unpaired) electrons. The van der Waals surface area contributed by atoms with Crippen LogP contribution in [0.3, 0.4) is 0 Å². The third-order valence-corrected chi connectivity index (χ3v) is 2.95. The maximum atomic E-state index is 12.0. The number of nitrogens with zero attached hydrogens (tertiary/aromatic N) is 3. The topological polar surface area (TPSA) is 113 Å². The molecule has 0 saturated carbocycles. The van der Waals surface area contributed by atoms with Crippen molar-refractivity contribution < 1.29 is 10.0 Å². The summed E-state index contributed by atoms with van der Waals surface area (Å²) in [6.45, 7) is 0. The lowest BCUT2D eigenvalue weighted by Gasteiger charge is -2.10. The van der Waals surface area contributed by atoms with Crippen molar-refractivity contribution in [2.75, 3.05) is 5.32 Å². The number of anilines is 1. The molecule has 0 aliphatic rings. The molecule has 20 heavy (non-hydrogen) atoms. The Morgan fingerprint density at radius 2 is 2.15 bits per heavy atom. The van der Waals surface area contributed by atoms with Crippen molar-refractivity contribution in [2.45, 2.75) is 0 Å². The molecule has 4 N–H and O–H groups in total. The number of amidine groups is 1. The molecule has 2 aromatic rings. The van der Waals surface area contributed by atoms with Gasteiger partial charge in [0.15, 0.2) is 5.84 Å². The van der Waals surface area contributed by atoms with E-state index in [1.54, 1.807) is 18.2 Å². The van der Waals surface area contributed by atoms with Crippen LogP contribution in [0.4, 0.5) is 5.69 Å². The molecule has 7 nitrogen and oxygen atoms in total. The fourth-order valence-corrected chi connectivity index (χ4v) is 1.87. The number of hydrogen-bond donors (Lipinski definition) is 3. The highest BCUT2D eigenvalue weighted by atomic mass is 79.9. The van der Waals surface area contributed by atoms with Crippen LogP contribution in [0, 0.1) is 0 Å². The van der Waals surface area contributed by atoms with Crippen LogP contribution in [0.15, 0.2) is 46.3 Å². The Balaban J connectivity index is 2.32. The highest BCUT2D eigenvalue weighted by Crippen LogP contribution is 2.21. The van der Waals surface area contributed by atoms with Gasteiger partial charge in [-0.1, -0.05) is 21.1 Å². The summed E-state index contributed by atoms with van der Waals surface area (Å²) in [5.41, 5.74) is 6.76. The molecule has 2 rings (SSSR count). The van der Waals surface area contributed by atoms with E-state index in [4.69, 9.17) is 10.9 Å². The second kappa shape index (κ2) is 6.11. The Bertz CT molecular complexity index is 660. The lowest BCUT2D eigenvalue weighted by molar-refractivity contribution is 0.102. The fourth-order valence-electron chi connectivity index (χ4n) is 1.51. The Kier molecular flexibility index (Phi) is 4.26. The van der Waals surface area contributed by atoms with Gasteiger partial charge in [0.05, 0.1) is 23.6 Å². The highest BCUT2D eigenvalue weighted by Gasteiger charge is 2.12.